The van der Waals surface area contributed by atoms with E-state index in [9.17, 15) is 4.79 Å². The first-order chi connectivity index (χ1) is 10.2. The standard InChI is InChI=1S/C17H19N3O/c1-3-10-18-17(21)16-9-8-15(12-20-16)19-11-14-7-5-4-6-13(14)2/h3-9,12,19H,1,10-11H2,2H3,(H,18,21). The summed E-state index contributed by atoms with van der Waals surface area (Å²) >= 11 is 0. The van der Waals surface area contributed by atoms with Crippen LogP contribution < -0.4 is 10.6 Å². The fourth-order valence-electron chi connectivity index (χ4n) is 1.89. The summed E-state index contributed by atoms with van der Waals surface area (Å²) in [6.45, 7) is 6.81. The molecular weight excluding hydrogens is 262 g/mol. The molecule has 0 unspecified atom stereocenters. The Balaban J connectivity index is 1.95. The number of nitrogens with zero attached hydrogens (tertiary/aromatic N) is 1. The number of hydrogen-bond donors (Lipinski definition) is 2. The number of pyridine rings is 1. The number of aryl methyl sites for hydroxylation is 1. The van der Waals surface area contributed by atoms with E-state index in [2.05, 4.69) is 41.3 Å². The van der Waals surface area contributed by atoms with Gasteiger partial charge in [-0.2, -0.15) is 0 Å². The second-order valence-electron chi connectivity index (χ2n) is 4.71. The van der Waals surface area contributed by atoms with Crippen LogP contribution in [0.25, 0.3) is 0 Å². The molecule has 2 N–H and O–H groups in total. The van der Waals surface area contributed by atoms with Crippen molar-refractivity contribution in [2.75, 3.05) is 11.9 Å². The van der Waals surface area contributed by atoms with Crippen molar-refractivity contribution < 1.29 is 4.79 Å². The molecule has 0 aliphatic heterocycles. The van der Waals surface area contributed by atoms with Crippen LogP contribution in [0.15, 0.2) is 55.3 Å². The van der Waals surface area contributed by atoms with Crippen LogP contribution in [0.3, 0.4) is 0 Å². The molecular formula is C17H19N3O. The summed E-state index contributed by atoms with van der Waals surface area (Å²) in [4.78, 5) is 15.9. The van der Waals surface area contributed by atoms with Gasteiger partial charge in [-0.05, 0) is 30.2 Å². The number of carbonyl (C=O) groups is 1. The van der Waals surface area contributed by atoms with E-state index in [1.54, 1.807) is 18.3 Å². The van der Waals surface area contributed by atoms with Crippen LogP contribution in [0.4, 0.5) is 5.69 Å². The highest BCUT2D eigenvalue weighted by atomic mass is 16.1. The van der Waals surface area contributed by atoms with Gasteiger partial charge in [0.05, 0.1) is 11.9 Å². The van der Waals surface area contributed by atoms with E-state index in [0.717, 1.165) is 12.2 Å². The molecule has 0 bridgehead atoms. The number of carbonyl (C=O) groups excluding carboxylic acids is 1. The smallest absolute Gasteiger partial charge is 0.270 e. The minimum Gasteiger partial charge on any atom is -0.380 e. The van der Waals surface area contributed by atoms with Gasteiger partial charge >= 0.3 is 0 Å². The Morgan fingerprint density at radius 3 is 2.76 bits per heavy atom. The van der Waals surface area contributed by atoms with Crippen LogP contribution in [0.5, 0.6) is 0 Å². The molecule has 0 atom stereocenters. The Labute approximate surface area is 124 Å². The van der Waals surface area contributed by atoms with Gasteiger partial charge in [-0.25, -0.2) is 4.98 Å². The third-order valence-corrected chi connectivity index (χ3v) is 3.15. The lowest BCUT2D eigenvalue weighted by atomic mass is 10.1. The highest BCUT2D eigenvalue weighted by Gasteiger charge is 2.05. The largest absolute Gasteiger partial charge is 0.380 e. The number of amides is 1. The molecule has 4 heteroatoms. The highest BCUT2D eigenvalue weighted by molar-refractivity contribution is 5.92. The molecule has 0 radical (unpaired) electrons. The summed E-state index contributed by atoms with van der Waals surface area (Å²) in [5, 5.41) is 5.99. The lowest BCUT2D eigenvalue weighted by Crippen LogP contribution is -2.24. The van der Waals surface area contributed by atoms with Crippen LogP contribution in [-0.2, 0) is 6.54 Å². The molecule has 1 heterocycles. The van der Waals surface area contributed by atoms with Crippen molar-refractivity contribution in [1.82, 2.24) is 10.3 Å². The normalized spacial score (nSPS) is 9.95. The number of hydrogen-bond acceptors (Lipinski definition) is 3. The van der Waals surface area contributed by atoms with Gasteiger partial charge in [0.2, 0.25) is 0 Å². The molecule has 2 rings (SSSR count). The summed E-state index contributed by atoms with van der Waals surface area (Å²) in [6, 6.07) is 11.8. The van der Waals surface area contributed by atoms with Gasteiger partial charge in [-0.1, -0.05) is 30.3 Å². The Kier molecular flexibility index (Phi) is 5.10. The molecule has 1 aromatic heterocycles. The Morgan fingerprint density at radius 2 is 2.10 bits per heavy atom. The summed E-state index contributed by atoms with van der Waals surface area (Å²) in [7, 11) is 0. The molecule has 0 aliphatic rings. The fourth-order valence-corrected chi connectivity index (χ4v) is 1.89. The summed E-state index contributed by atoms with van der Waals surface area (Å²) in [5.41, 5.74) is 3.78. The zero-order chi connectivity index (χ0) is 15.1. The molecule has 4 nitrogen and oxygen atoms in total. The molecule has 21 heavy (non-hydrogen) atoms. The van der Waals surface area contributed by atoms with E-state index >= 15 is 0 Å². The molecule has 0 saturated carbocycles. The maximum Gasteiger partial charge on any atom is 0.270 e. The molecule has 0 saturated heterocycles. The van der Waals surface area contributed by atoms with Crippen molar-refractivity contribution in [3.05, 3.63) is 72.1 Å². The van der Waals surface area contributed by atoms with Gasteiger partial charge in [0.15, 0.2) is 0 Å². The molecule has 2 aromatic rings. The molecule has 1 amide bonds. The second-order valence-corrected chi connectivity index (χ2v) is 4.71. The first kappa shape index (κ1) is 14.8. The van der Waals surface area contributed by atoms with Gasteiger partial charge < -0.3 is 10.6 Å². The van der Waals surface area contributed by atoms with E-state index < -0.39 is 0 Å². The highest BCUT2D eigenvalue weighted by Crippen LogP contribution is 2.11. The predicted octanol–water partition coefficient (Wildman–Crippen LogP) is 2.92. The third-order valence-electron chi connectivity index (χ3n) is 3.15. The monoisotopic (exact) mass is 281 g/mol. The van der Waals surface area contributed by atoms with Crippen LogP contribution in [-0.4, -0.2) is 17.4 Å². The van der Waals surface area contributed by atoms with Gasteiger partial charge in [-0.15, -0.1) is 6.58 Å². The number of anilines is 1. The van der Waals surface area contributed by atoms with Crippen LogP contribution in [0.1, 0.15) is 21.6 Å². The SMILES string of the molecule is C=CCNC(=O)c1ccc(NCc2ccccc2C)cn1. The maximum absolute atomic E-state index is 11.7. The second kappa shape index (κ2) is 7.24. The predicted molar refractivity (Wildman–Crippen MR) is 85.3 cm³/mol. The molecule has 0 aliphatic carbocycles. The van der Waals surface area contributed by atoms with E-state index in [-0.39, 0.29) is 5.91 Å². The lowest BCUT2D eigenvalue weighted by molar-refractivity contribution is 0.0953. The van der Waals surface area contributed by atoms with Crippen LogP contribution in [0.2, 0.25) is 0 Å². The summed E-state index contributed by atoms with van der Waals surface area (Å²) in [6.07, 6.45) is 3.30. The van der Waals surface area contributed by atoms with Gasteiger partial charge in [0.25, 0.3) is 5.91 Å². The Morgan fingerprint density at radius 1 is 1.29 bits per heavy atom. The maximum atomic E-state index is 11.7. The van der Waals surface area contributed by atoms with Crippen molar-refractivity contribution in [2.24, 2.45) is 0 Å². The van der Waals surface area contributed by atoms with E-state index in [1.807, 2.05) is 18.2 Å². The van der Waals surface area contributed by atoms with E-state index in [1.165, 1.54) is 11.1 Å². The molecule has 108 valence electrons. The first-order valence-corrected chi connectivity index (χ1v) is 6.84. The Bertz CT molecular complexity index is 620. The van der Waals surface area contributed by atoms with Crippen molar-refractivity contribution in [2.45, 2.75) is 13.5 Å². The van der Waals surface area contributed by atoms with Gasteiger partial charge in [0.1, 0.15) is 5.69 Å². The van der Waals surface area contributed by atoms with Crippen molar-refractivity contribution >= 4 is 11.6 Å². The molecule has 0 spiro atoms. The van der Waals surface area contributed by atoms with Crippen molar-refractivity contribution in [3.63, 3.8) is 0 Å². The van der Waals surface area contributed by atoms with Crippen LogP contribution in [0, 0.1) is 6.92 Å². The summed E-state index contributed by atoms with van der Waals surface area (Å²) in [5.74, 6) is -0.194. The zero-order valence-corrected chi connectivity index (χ0v) is 12.1. The van der Waals surface area contributed by atoms with Crippen LogP contribution >= 0.6 is 0 Å². The minimum atomic E-state index is -0.194. The molecule has 0 fully saturated rings. The first-order valence-electron chi connectivity index (χ1n) is 6.84. The zero-order valence-electron chi connectivity index (χ0n) is 12.1. The van der Waals surface area contributed by atoms with E-state index in [0.29, 0.717) is 12.2 Å². The van der Waals surface area contributed by atoms with Gasteiger partial charge in [0, 0.05) is 13.1 Å². The summed E-state index contributed by atoms with van der Waals surface area (Å²) < 4.78 is 0. The van der Waals surface area contributed by atoms with E-state index in [4.69, 9.17) is 0 Å². The topological polar surface area (TPSA) is 54.0 Å². The third kappa shape index (κ3) is 4.18. The number of aromatic nitrogens is 1. The Hall–Kier alpha value is -2.62. The molecule has 1 aromatic carbocycles. The quantitative estimate of drug-likeness (QED) is 0.800. The average molecular weight is 281 g/mol. The van der Waals surface area contributed by atoms with Crippen molar-refractivity contribution in [3.8, 4) is 0 Å². The number of rotatable bonds is 6. The average Bonchev–Trinajstić information content (AvgIpc) is 2.52. The van der Waals surface area contributed by atoms with Crippen molar-refractivity contribution in [1.29, 1.82) is 0 Å². The minimum absolute atomic E-state index is 0.194. The number of nitrogens with one attached hydrogen (secondary N) is 2. The fraction of sp³-hybridized carbons (Fsp3) is 0.176. The van der Waals surface area contributed by atoms with Gasteiger partial charge in [-0.3, -0.25) is 4.79 Å². The number of benzene rings is 1. The lowest BCUT2D eigenvalue weighted by Gasteiger charge is -2.09.